The largest absolute Gasteiger partial charge is 0.445 e. The van der Waals surface area contributed by atoms with Gasteiger partial charge in [-0.2, -0.15) is 26.3 Å². The second-order valence-electron chi connectivity index (χ2n) is 7.43. The molecule has 1 amide bonds. The lowest BCUT2D eigenvalue weighted by Crippen LogP contribution is -2.41. The predicted octanol–water partition coefficient (Wildman–Crippen LogP) is 4.18. The lowest BCUT2D eigenvalue weighted by Gasteiger charge is -2.31. The Kier molecular flexibility index (Phi) is 5.62. The third-order valence-corrected chi connectivity index (χ3v) is 8.74. The molecule has 1 aromatic carbocycles. The summed E-state index contributed by atoms with van der Waals surface area (Å²) < 4.78 is 102. The Morgan fingerprint density at radius 2 is 1.71 bits per heavy atom. The van der Waals surface area contributed by atoms with Crippen LogP contribution in [0.15, 0.2) is 29.2 Å². The van der Waals surface area contributed by atoms with E-state index in [1.54, 1.807) is 0 Å². The van der Waals surface area contributed by atoms with E-state index in [1.165, 1.54) is 13.8 Å². The summed E-state index contributed by atoms with van der Waals surface area (Å²) in [5.74, 6) is -1.56. The van der Waals surface area contributed by atoms with Gasteiger partial charge in [0.15, 0.2) is 9.84 Å². The molecule has 14 heteroatoms. The van der Waals surface area contributed by atoms with Crippen LogP contribution >= 0.6 is 11.3 Å². The van der Waals surface area contributed by atoms with Gasteiger partial charge >= 0.3 is 12.4 Å². The van der Waals surface area contributed by atoms with Crippen LogP contribution in [0.1, 0.15) is 30.8 Å². The van der Waals surface area contributed by atoms with Crippen LogP contribution in [-0.2, 0) is 27.0 Å². The highest BCUT2D eigenvalue weighted by Gasteiger charge is 2.49. The maximum Gasteiger partial charge on any atom is 0.445 e. The van der Waals surface area contributed by atoms with Crippen molar-refractivity contribution in [3.8, 4) is 0 Å². The SMILES string of the molecule is CC(C)([C@@H]1CC(=O)N(c2nnc(C(F)(F)F)s2)C1)S(=O)(=O)c1cccc(C(F)(F)F)c1. The lowest BCUT2D eigenvalue weighted by molar-refractivity contribution is -0.138. The summed E-state index contributed by atoms with van der Waals surface area (Å²) in [5, 5.41) is 4.80. The van der Waals surface area contributed by atoms with Gasteiger partial charge in [0.05, 0.1) is 15.2 Å². The average molecular weight is 487 g/mol. The van der Waals surface area contributed by atoms with Crippen molar-refractivity contribution in [2.24, 2.45) is 5.92 Å². The summed E-state index contributed by atoms with van der Waals surface area (Å²) in [6.07, 6.45) is -9.82. The molecule has 0 radical (unpaired) electrons. The van der Waals surface area contributed by atoms with Crippen molar-refractivity contribution < 1.29 is 39.6 Å². The molecule has 1 aliphatic rings. The molecule has 1 fully saturated rings. The van der Waals surface area contributed by atoms with Gasteiger partial charge in [-0.1, -0.05) is 17.4 Å². The minimum atomic E-state index is -4.75. The van der Waals surface area contributed by atoms with E-state index in [0.29, 0.717) is 6.07 Å². The van der Waals surface area contributed by atoms with Gasteiger partial charge in [-0.3, -0.25) is 9.69 Å². The van der Waals surface area contributed by atoms with E-state index in [1.807, 2.05) is 0 Å². The van der Waals surface area contributed by atoms with Crippen molar-refractivity contribution in [2.75, 3.05) is 11.4 Å². The molecule has 1 aliphatic heterocycles. The lowest BCUT2D eigenvalue weighted by atomic mass is 9.94. The molecule has 31 heavy (non-hydrogen) atoms. The summed E-state index contributed by atoms with van der Waals surface area (Å²) in [6, 6.07) is 3.26. The topological polar surface area (TPSA) is 80.2 Å². The highest BCUT2D eigenvalue weighted by Crippen LogP contribution is 2.42. The molecular weight excluding hydrogens is 472 g/mol. The van der Waals surface area contributed by atoms with Crippen LogP contribution in [0.2, 0.25) is 0 Å². The summed E-state index contributed by atoms with van der Waals surface area (Å²) in [5.41, 5.74) is -1.14. The first kappa shape index (κ1) is 23.4. The van der Waals surface area contributed by atoms with Gasteiger partial charge in [0.2, 0.25) is 16.0 Å². The second-order valence-corrected chi connectivity index (χ2v) is 10.9. The highest BCUT2D eigenvalue weighted by atomic mass is 32.2. The number of hydrogen-bond donors (Lipinski definition) is 0. The molecule has 1 atom stereocenters. The van der Waals surface area contributed by atoms with Gasteiger partial charge in [0.25, 0.3) is 0 Å². The maximum absolute atomic E-state index is 13.1. The smallest absolute Gasteiger partial charge is 0.286 e. The van der Waals surface area contributed by atoms with Crippen molar-refractivity contribution in [3.05, 3.63) is 34.8 Å². The Hall–Kier alpha value is -2.22. The number of carbonyl (C=O) groups excluding carboxylic acids is 1. The van der Waals surface area contributed by atoms with Gasteiger partial charge in [-0.25, -0.2) is 8.42 Å². The van der Waals surface area contributed by atoms with Crippen LogP contribution in [-0.4, -0.2) is 35.8 Å². The highest BCUT2D eigenvalue weighted by molar-refractivity contribution is 7.92. The van der Waals surface area contributed by atoms with Gasteiger partial charge < -0.3 is 0 Å². The molecule has 0 unspecified atom stereocenters. The fourth-order valence-corrected chi connectivity index (χ4v) is 5.64. The Labute approximate surface area is 176 Å². The normalized spacial score (nSPS) is 18.6. The number of sulfone groups is 1. The van der Waals surface area contributed by atoms with E-state index < -0.39 is 54.2 Å². The summed E-state index contributed by atoms with van der Waals surface area (Å²) in [7, 11) is -4.34. The molecule has 6 nitrogen and oxygen atoms in total. The van der Waals surface area contributed by atoms with Gasteiger partial charge in [0.1, 0.15) is 0 Å². The summed E-state index contributed by atoms with van der Waals surface area (Å²) in [6.45, 7) is 2.27. The van der Waals surface area contributed by atoms with E-state index in [9.17, 15) is 39.6 Å². The van der Waals surface area contributed by atoms with Crippen molar-refractivity contribution in [1.82, 2.24) is 10.2 Å². The predicted molar refractivity (Wildman–Crippen MR) is 98.1 cm³/mol. The number of nitrogens with zero attached hydrogens (tertiary/aromatic N) is 3. The van der Waals surface area contributed by atoms with E-state index in [2.05, 4.69) is 10.2 Å². The number of benzene rings is 1. The van der Waals surface area contributed by atoms with Crippen molar-refractivity contribution >= 4 is 32.2 Å². The first-order chi connectivity index (χ1) is 14.0. The van der Waals surface area contributed by atoms with Gasteiger partial charge in [0, 0.05) is 18.9 Å². The standard InChI is InChI=1S/C17H15F6N3O3S2/c1-15(2,31(28,29)11-5-3-4-9(6-11)16(18,19)20)10-7-12(27)26(8-10)14-25-24-13(30-14)17(21,22)23/h3-6,10H,7-8H2,1-2H3/t10-/m1/s1. The zero-order valence-corrected chi connectivity index (χ0v) is 17.6. The van der Waals surface area contributed by atoms with Crippen LogP contribution < -0.4 is 4.90 Å². The molecule has 170 valence electrons. The molecule has 1 saturated heterocycles. The van der Waals surface area contributed by atoms with E-state index in [4.69, 9.17) is 0 Å². The zero-order valence-electron chi connectivity index (χ0n) is 16.0. The minimum absolute atomic E-state index is 0.145. The van der Waals surface area contributed by atoms with Crippen LogP contribution in [0.4, 0.5) is 31.5 Å². The molecule has 2 aromatic rings. The Bertz CT molecular complexity index is 1110. The van der Waals surface area contributed by atoms with Crippen molar-refractivity contribution in [3.63, 3.8) is 0 Å². The number of amides is 1. The molecule has 2 heterocycles. The number of hydrogen-bond acceptors (Lipinski definition) is 6. The maximum atomic E-state index is 13.1. The third-order valence-electron chi connectivity index (χ3n) is 5.16. The molecule has 0 aliphatic carbocycles. The molecule has 3 rings (SSSR count). The number of rotatable bonds is 4. The molecule has 1 aromatic heterocycles. The fourth-order valence-electron chi connectivity index (χ4n) is 3.16. The van der Waals surface area contributed by atoms with Gasteiger partial charge in [-0.15, -0.1) is 10.2 Å². The monoisotopic (exact) mass is 487 g/mol. The molecule has 0 saturated carbocycles. The Balaban J connectivity index is 1.90. The van der Waals surface area contributed by atoms with E-state index in [0.717, 1.165) is 23.1 Å². The van der Waals surface area contributed by atoms with Crippen molar-refractivity contribution in [1.29, 1.82) is 0 Å². The summed E-state index contributed by atoms with van der Waals surface area (Å²) >= 11 is 0.145. The molecule has 0 spiro atoms. The number of aromatic nitrogens is 2. The average Bonchev–Trinajstić information content (AvgIpc) is 3.27. The molecule has 0 N–H and O–H groups in total. The third kappa shape index (κ3) is 4.27. The van der Waals surface area contributed by atoms with E-state index >= 15 is 0 Å². The van der Waals surface area contributed by atoms with Crippen LogP contribution in [0.5, 0.6) is 0 Å². The number of alkyl halides is 6. The number of carbonyl (C=O) groups is 1. The van der Waals surface area contributed by atoms with E-state index in [-0.39, 0.29) is 29.4 Å². The number of halogens is 6. The van der Waals surface area contributed by atoms with Gasteiger partial charge in [-0.05, 0) is 32.0 Å². The first-order valence-corrected chi connectivity index (χ1v) is 11.0. The van der Waals surface area contributed by atoms with Crippen LogP contribution in [0, 0.1) is 5.92 Å². The minimum Gasteiger partial charge on any atom is -0.286 e. The summed E-state index contributed by atoms with van der Waals surface area (Å²) in [4.78, 5) is 12.7. The zero-order chi connectivity index (χ0) is 23.4. The quantitative estimate of drug-likeness (QED) is 0.605. The van der Waals surface area contributed by atoms with Crippen LogP contribution in [0.25, 0.3) is 0 Å². The van der Waals surface area contributed by atoms with Crippen LogP contribution in [0.3, 0.4) is 0 Å². The molecule has 0 bridgehead atoms. The fraction of sp³-hybridized carbons (Fsp3) is 0.471. The second kappa shape index (κ2) is 7.43. The Morgan fingerprint density at radius 1 is 1.06 bits per heavy atom. The Morgan fingerprint density at radius 3 is 2.26 bits per heavy atom. The first-order valence-electron chi connectivity index (χ1n) is 8.68. The number of anilines is 1. The van der Waals surface area contributed by atoms with Crippen molar-refractivity contribution in [2.45, 2.75) is 42.3 Å². The molecular formula is C17H15F6N3O3S2.